The monoisotopic (exact) mass is 481 g/mol. The number of thiophene rings is 1. The maximum Gasteiger partial charge on any atom is 0.341 e. The number of ether oxygens (including phenoxy) is 1. The van der Waals surface area contributed by atoms with Crippen LogP contribution in [0, 0.1) is 0 Å². The third kappa shape index (κ3) is 4.59. The molecule has 0 radical (unpaired) electrons. The number of sulfone groups is 1. The van der Waals surface area contributed by atoms with Gasteiger partial charge in [-0.1, -0.05) is 48.5 Å². The van der Waals surface area contributed by atoms with Crippen molar-refractivity contribution in [2.75, 3.05) is 11.9 Å². The molecule has 4 aromatic rings. The van der Waals surface area contributed by atoms with Crippen LogP contribution in [0.2, 0.25) is 0 Å². The molecule has 1 amide bonds. The summed E-state index contributed by atoms with van der Waals surface area (Å²) >= 11 is 1.16. The summed E-state index contributed by atoms with van der Waals surface area (Å²) in [4.78, 5) is 25.5. The van der Waals surface area contributed by atoms with E-state index >= 15 is 0 Å². The van der Waals surface area contributed by atoms with Crippen molar-refractivity contribution in [2.24, 2.45) is 0 Å². The van der Waals surface area contributed by atoms with Crippen LogP contribution in [0.4, 0.5) is 5.00 Å². The Labute approximate surface area is 194 Å². The van der Waals surface area contributed by atoms with Crippen molar-refractivity contribution in [3.8, 4) is 11.1 Å². The fraction of sp³-hybridized carbons (Fsp3) is 0.0833. The molecule has 0 spiro atoms. The third-order valence-electron chi connectivity index (χ3n) is 4.71. The maximum atomic E-state index is 12.8. The first-order chi connectivity index (χ1) is 15.9. The van der Waals surface area contributed by atoms with Crippen LogP contribution in [0.5, 0.6) is 0 Å². The van der Waals surface area contributed by atoms with E-state index < -0.39 is 21.7 Å². The van der Waals surface area contributed by atoms with Crippen LogP contribution in [0.3, 0.4) is 0 Å². The largest absolute Gasteiger partial charge is 0.462 e. The van der Waals surface area contributed by atoms with Crippen molar-refractivity contribution in [1.82, 2.24) is 0 Å². The number of carbonyl (C=O) groups is 2. The number of benzene rings is 2. The van der Waals surface area contributed by atoms with Crippen molar-refractivity contribution < 1.29 is 27.2 Å². The molecule has 2 aromatic carbocycles. The Morgan fingerprint density at radius 3 is 2.30 bits per heavy atom. The molecule has 33 heavy (non-hydrogen) atoms. The molecule has 168 valence electrons. The number of carbonyl (C=O) groups excluding carboxylic acids is 2. The molecule has 2 aromatic heterocycles. The molecular formula is C24H19NO6S2. The average molecular weight is 482 g/mol. The van der Waals surface area contributed by atoms with Crippen LogP contribution in [-0.2, 0) is 14.6 Å². The Hall–Kier alpha value is -3.69. The van der Waals surface area contributed by atoms with Gasteiger partial charge in [0.05, 0.1) is 11.5 Å². The second-order valence-corrected chi connectivity index (χ2v) is 9.59. The van der Waals surface area contributed by atoms with Gasteiger partial charge in [-0.2, -0.15) is 0 Å². The molecular weight excluding hydrogens is 462 g/mol. The van der Waals surface area contributed by atoms with E-state index in [1.165, 1.54) is 24.3 Å². The summed E-state index contributed by atoms with van der Waals surface area (Å²) in [6, 6.07) is 19.5. The molecule has 0 fully saturated rings. The Kier molecular flexibility index (Phi) is 6.43. The second-order valence-electron chi connectivity index (χ2n) is 6.83. The number of hydrogen-bond donors (Lipinski definition) is 1. The fourth-order valence-electron chi connectivity index (χ4n) is 3.15. The highest BCUT2D eigenvalue weighted by molar-refractivity contribution is 7.91. The SMILES string of the molecule is CCOC(=O)c1c(-c2ccccc2)csc1NC(=O)c1ccc(S(=O)(=O)c2ccccc2)o1. The van der Waals surface area contributed by atoms with Crippen molar-refractivity contribution in [3.05, 3.63) is 89.5 Å². The van der Waals surface area contributed by atoms with Gasteiger partial charge < -0.3 is 14.5 Å². The number of rotatable bonds is 7. The highest BCUT2D eigenvalue weighted by Gasteiger charge is 2.26. The summed E-state index contributed by atoms with van der Waals surface area (Å²) in [5.74, 6) is -1.45. The van der Waals surface area contributed by atoms with Gasteiger partial charge >= 0.3 is 5.97 Å². The first-order valence-corrected chi connectivity index (χ1v) is 12.3. The number of hydrogen-bond acceptors (Lipinski definition) is 7. The molecule has 0 aliphatic rings. The molecule has 0 aliphatic carbocycles. The van der Waals surface area contributed by atoms with Crippen LogP contribution in [0.15, 0.2) is 92.6 Å². The Balaban J connectivity index is 1.63. The predicted octanol–water partition coefficient (Wildman–Crippen LogP) is 5.27. The summed E-state index contributed by atoms with van der Waals surface area (Å²) in [6.45, 7) is 1.87. The van der Waals surface area contributed by atoms with Gasteiger partial charge in [0, 0.05) is 10.9 Å². The lowest BCUT2D eigenvalue weighted by Crippen LogP contribution is -2.14. The highest BCUT2D eigenvalue weighted by Crippen LogP contribution is 2.36. The van der Waals surface area contributed by atoms with Crippen LogP contribution in [0.25, 0.3) is 11.1 Å². The number of amides is 1. The standard InChI is InChI=1S/C24H19NO6S2/c1-2-30-24(27)21-18(16-9-5-3-6-10-16)15-32-23(21)25-22(26)19-13-14-20(31-19)33(28,29)17-11-7-4-8-12-17/h3-15H,2H2,1H3,(H,25,26). The summed E-state index contributed by atoms with van der Waals surface area (Å²) in [5.41, 5.74) is 1.65. The van der Waals surface area contributed by atoms with Crippen LogP contribution >= 0.6 is 11.3 Å². The summed E-state index contributed by atoms with van der Waals surface area (Å²) in [7, 11) is -3.90. The van der Waals surface area contributed by atoms with E-state index in [1.54, 1.807) is 30.5 Å². The minimum absolute atomic E-state index is 0.0571. The molecule has 0 saturated heterocycles. The van der Waals surface area contributed by atoms with Gasteiger partial charge in [-0.05, 0) is 36.8 Å². The molecule has 9 heteroatoms. The topological polar surface area (TPSA) is 103 Å². The second kappa shape index (κ2) is 9.43. The van der Waals surface area contributed by atoms with Gasteiger partial charge in [-0.3, -0.25) is 4.79 Å². The smallest absolute Gasteiger partial charge is 0.341 e. The van der Waals surface area contributed by atoms with Gasteiger partial charge in [0.25, 0.3) is 5.91 Å². The number of anilines is 1. The average Bonchev–Trinajstić information content (AvgIpc) is 3.49. The normalized spacial score (nSPS) is 11.2. The molecule has 0 bridgehead atoms. The van der Waals surface area contributed by atoms with Gasteiger partial charge in [0.15, 0.2) is 5.76 Å². The lowest BCUT2D eigenvalue weighted by molar-refractivity contribution is 0.0529. The molecule has 0 unspecified atom stereocenters. The van der Waals surface area contributed by atoms with Crippen LogP contribution in [-0.4, -0.2) is 26.9 Å². The highest BCUT2D eigenvalue weighted by atomic mass is 32.2. The van der Waals surface area contributed by atoms with E-state index in [2.05, 4.69) is 5.32 Å². The number of furan rings is 1. The van der Waals surface area contributed by atoms with E-state index in [4.69, 9.17) is 9.15 Å². The van der Waals surface area contributed by atoms with Crippen LogP contribution < -0.4 is 5.32 Å². The summed E-state index contributed by atoms with van der Waals surface area (Å²) in [6.07, 6.45) is 0. The molecule has 0 atom stereocenters. The van der Waals surface area contributed by atoms with E-state index in [0.29, 0.717) is 5.56 Å². The van der Waals surface area contributed by atoms with Gasteiger partial charge in [0.1, 0.15) is 10.6 Å². The van der Waals surface area contributed by atoms with Crippen molar-refractivity contribution in [1.29, 1.82) is 0 Å². The zero-order valence-electron chi connectivity index (χ0n) is 17.5. The van der Waals surface area contributed by atoms with Gasteiger partial charge in [0.2, 0.25) is 14.9 Å². The molecule has 0 saturated carbocycles. The molecule has 0 aliphatic heterocycles. The zero-order chi connectivity index (χ0) is 23.4. The predicted molar refractivity (Wildman–Crippen MR) is 124 cm³/mol. The van der Waals surface area contributed by atoms with Crippen molar-refractivity contribution >= 4 is 38.1 Å². The first-order valence-electron chi connectivity index (χ1n) is 9.97. The van der Waals surface area contributed by atoms with Gasteiger partial charge in [-0.15, -0.1) is 11.3 Å². The third-order valence-corrected chi connectivity index (χ3v) is 7.24. The lowest BCUT2D eigenvalue weighted by Gasteiger charge is -2.08. The quantitative estimate of drug-likeness (QED) is 0.361. The molecule has 7 nitrogen and oxygen atoms in total. The lowest BCUT2D eigenvalue weighted by atomic mass is 10.0. The maximum absolute atomic E-state index is 12.8. The minimum Gasteiger partial charge on any atom is -0.462 e. The van der Waals surface area contributed by atoms with Crippen molar-refractivity contribution in [2.45, 2.75) is 16.9 Å². The van der Waals surface area contributed by atoms with Crippen molar-refractivity contribution in [3.63, 3.8) is 0 Å². The van der Waals surface area contributed by atoms with E-state index in [1.807, 2.05) is 30.3 Å². The first kappa shape index (κ1) is 22.5. The van der Waals surface area contributed by atoms with Crippen LogP contribution in [0.1, 0.15) is 27.8 Å². The summed E-state index contributed by atoms with van der Waals surface area (Å²) in [5, 5.41) is 4.34. The number of esters is 1. The zero-order valence-corrected chi connectivity index (χ0v) is 19.1. The molecule has 1 N–H and O–H groups in total. The summed E-state index contributed by atoms with van der Waals surface area (Å²) < 4.78 is 36.0. The fourth-order valence-corrected chi connectivity index (χ4v) is 5.30. The number of nitrogens with one attached hydrogen (secondary N) is 1. The van der Waals surface area contributed by atoms with E-state index in [9.17, 15) is 18.0 Å². The molecule has 4 rings (SSSR count). The Bertz CT molecular complexity index is 1390. The van der Waals surface area contributed by atoms with Gasteiger partial charge in [-0.25, -0.2) is 13.2 Å². The van der Waals surface area contributed by atoms with E-state index in [-0.39, 0.29) is 32.9 Å². The van der Waals surface area contributed by atoms with E-state index in [0.717, 1.165) is 16.9 Å². The Morgan fingerprint density at radius 1 is 0.970 bits per heavy atom. The Morgan fingerprint density at radius 2 is 1.64 bits per heavy atom. The molecule has 2 heterocycles. The minimum atomic E-state index is -3.90.